The molecule has 324 valence electrons. The monoisotopic (exact) mass is 916 g/mol. The number of benzene rings is 7. The van der Waals surface area contributed by atoms with Gasteiger partial charge in [-0.15, -0.1) is 0 Å². The quantitative estimate of drug-likeness (QED) is 0.0544. The molecule has 0 spiro atoms. The fraction of sp³-hybridized carbons (Fsp3) is 0.0256. The topological polar surface area (TPSA) is 18.5 Å². The summed E-state index contributed by atoms with van der Waals surface area (Å²) < 4.78 is 330. The average Bonchev–Trinajstić information content (AvgIpc) is 3.49. The van der Waals surface area contributed by atoms with E-state index in [1.807, 2.05) is 0 Å². The molecule has 1 aliphatic rings. The molecule has 0 atom stereocenters. The van der Waals surface area contributed by atoms with Gasteiger partial charge >= 0.3 is 13.0 Å². The van der Waals surface area contributed by atoms with Crippen LogP contribution in [0.15, 0.2) is 36.4 Å². The van der Waals surface area contributed by atoms with Crippen molar-refractivity contribution in [2.75, 3.05) is 0 Å². The summed E-state index contributed by atoms with van der Waals surface area (Å²) in [6.07, 6.45) is 0. The predicted molar refractivity (Wildman–Crippen MR) is 174 cm³/mol. The van der Waals surface area contributed by atoms with Gasteiger partial charge in [0.05, 0.1) is 32.6 Å². The number of alkyl halides is 2. The fourth-order valence-electron chi connectivity index (χ4n) is 7.11. The van der Waals surface area contributed by atoms with Crippen molar-refractivity contribution in [2.24, 2.45) is 0 Å². The molecule has 0 heterocycles. The maximum atomic E-state index is 16.4. The largest absolute Gasteiger partial charge is 0.636 e. The lowest BCUT2D eigenvalue weighted by molar-refractivity contribution is 0.0433. The van der Waals surface area contributed by atoms with Gasteiger partial charge in [0, 0.05) is 33.9 Å². The summed E-state index contributed by atoms with van der Waals surface area (Å²) in [5, 5.41) is -9.52. The minimum absolute atomic E-state index is 0.0266. The molecule has 2 nitrogen and oxygen atoms in total. The Hall–Kier alpha value is -6.75. The SMILES string of the molecule is Fc1cc(F)c(F)c(-c2ccccc2OB(Oc2c(F)c(F)c(F)c3c(F)c4c(F)c(F)c(F)c(F)c4c(F)c23)c2c(F)c(F)c(F)c3c2C(F)(F)c2c(F)c(F)c(F)c(F)c2-3)c1. The zero-order valence-electron chi connectivity index (χ0n) is 29.3. The Bertz CT molecular complexity index is 3230. The molecule has 0 bridgehead atoms. The zero-order valence-corrected chi connectivity index (χ0v) is 29.3. The van der Waals surface area contributed by atoms with Crippen LogP contribution in [-0.4, -0.2) is 7.12 Å². The van der Waals surface area contributed by atoms with Crippen LogP contribution in [0.3, 0.4) is 0 Å². The summed E-state index contributed by atoms with van der Waals surface area (Å²) in [7, 11) is -3.90. The third kappa shape index (κ3) is 5.81. The van der Waals surface area contributed by atoms with Gasteiger partial charge in [-0.3, -0.25) is 0 Å². The Morgan fingerprint density at radius 2 is 0.841 bits per heavy atom. The normalized spacial score (nSPS) is 13.0. The number of hydrogen-bond acceptors (Lipinski definition) is 2. The summed E-state index contributed by atoms with van der Waals surface area (Å²) in [6, 6.07) is 3.03. The molecule has 0 amide bonds. The van der Waals surface area contributed by atoms with E-state index in [0.29, 0.717) is 12.1 Å². The predicted octanol–water partition coefficient (Wildman–Crippen LogP) is 12.3. The molecular formula is C39H6BF21O2. The Morgan fingerprint density at radius 3 is 1.43 bits per heavy atom. The molecule has 0 saturated carbocycles. The van der Waals surface area contributed by atoms with E-state index >= 15 is 61.5 Å². The van der Waals surface area contributed by atoms with Crippen LogP contribution in [0.1, 0.15) is 11.1 Å². The standard InChI is InChI=1S/C39H6BF21O2/c41-7-5-9(21(43)10(42)6-7)8-3-1-2-4-11(8)62-40(20-18-12(24(46)31(53)30(20)52)13-19(39(18,60)61)29(51)36(58)32(54)25(13)47)63-38-17-16(28(50)35(57)37(38)59)22(44)14-15(23(17)45)27(49)34(56)33(55)26(14)48/h1-6H. The second kappa shape index (κ2) is 14.4. The first-order chi connectivity index (χ1) is 29.5. The molecular weight excluding hydrogens is 910 g/mol. The van der Waals surface area contributed by atoms with Crippen molar-refractivity contribution in [3.8, 4) is 33.8 Å². The van der Waals surface area contributed by atoms with Gasteiger partial charge in [-0.25, -0.2) is 79.0 Å². The van der Waals surface area contributed by atoms with Crippen molar-refractivity contribution >= 4 is 34.1 Å². The Morgan fingerprint density at radius 1 is 0.381 bits per heavy atom. The summed E-state index contributed by atoms with van der Waals surface area (Å²) in [5.41, 5.74) is -14.9. The number of fused-ring (bicyclic) bond motifs is 5. The van der Waals surface area contributed by atoms with Gasteiger partial charge in [-0.1, -0.05) is 18.2 Å². The van der Waals surface area contributed by atoms with Gasteiger partial charge in [0.2, 0.25) is 5.82 Å². The van der Waals surface area contributed by atoms with Gasteiger partial charge in [-0.2, -0.15) is 13.2 Å². The van der Waals surface area contributed by atoms with Crippen molar-refractivity contribution in [1.82, 2.24) is 0 Å². The van der Waals surface area contributed by atoms with Crippen molar-refractivity contribution < 1.29 is 102 Å². The third-order valence-electron chi connectivity index (χ3n) is 9.80. The molecule has 24 heteroatoms. The van der Waals surface area contributed by atoms with Crippen molar-refractivity contribution in [2.45, 2.75) is 5.92 Å². The highest BCUT2D eigenvalue weighted by Crippen LogP contribution is 2.55. The molecule has 0 radical (unpaired) electrons. The molecule has 0 N–H and O–H groups in total. The molecule has 0 aliphatic heterocycles. The summed E-state index contributed by atoms with van der Waals surface area (Å²) in [4.78, 5) is 0. The van der Waals surface area contributed by atoms with E-state index in [0.717, 1.165) is 12.1 Å². The Kier molecular flexibility index (Phi) is 9.82. The minimum Gasteiger partial charge on any atom is -0.521 e. The molecule has 63 heavy (non-hydrogen) atoms. The van der Waals surface area contributed by atoms with Gasteiger partial charge in [0.15, 0.2) is 93.0 Å². The zero-order chi connectivity index (χ0) is 46.2. The molecule has 1 aliphatic carbocycles. The van der Waals surface area contributed by atoms with Crippen molar-refractivity contribution in [3.63, 3.8) is 0 Å². The third-order valence-corrected chi connectivity index (χ3v) is 9.80. The highest BCUT2D eigenvalue weighted by Gasteiger charge is 2.57. The maximum absolute atomic E-state index is 16.4. The second-order valence-corrected chi connectivity index (χ2v) is 13.2. The maximum Gasteiger partial charge on any atom is 0.636 e. The van der Waals surface area contributed by atoms with Crippen LogP contribution in [-0.2, 0) is 5.92 Å². The number of rotatable bonds is 6. The summed E-state index contributed by atoms with van der Waals surface area (Å²) in [5.74, 6) is -62.2. The molecule has 0 saturated heterocycles. The second-order valence-electron chi connectivity index (χ2n) is 13.2. The van der Waals surface area contributed by atoms with E-state index in [-0.39, 0.29) is 12.1 Å². The first kappa shape index (κ1) is 42.9. The lowest BCUT2D eigenvalue weighted by Crippen LogP contribution is -2.49. The van der Waals surface area contributed by atoms with Crippen LogP contribution in [0.2, 0.25) is 0 Å². The summed E-state index contributed by atoms with van der Waals surface area (Å²) >= 11 is 0. The van der Waals surface area contributed by atoms with Gasteiger partial charge in [0.1, 0.15) is 23.2 Å². The van der Waals surface area contributed by atoms with E-state index in [9.17, 15) is 30.7 Å². The van der Waals surface area contributed by atoms with Gasteiger partial charge in [0.25, 0.3) is 0 Å². The van der Waals surface area contributed by atoms with E-state index < -0.39 is 195 Å². The average molecular weight is 916 g/mol. The number of hydrogen-bond donors (Lipinski definition) is 0. The molecule has 0 unspecified atom stereocenters. The Balaban J connectivity index is 1.52. The van der Waals surface area contributed by atoms with E-state index in [4.69, 9.17) is 9.31 Å². The van der Waals surface area contributed by atoms with Crippen LogP contribution in [0.5, 0.6) is 11.5 Å². The van der Waals surface area contributed by atoms with E-state index in [1.165, 1.54) is 0 Å². The smallest absolute Gasteiger partial charge is 0.521 e. The lowest BCUT2D eigenvalue weighted by Gasteiger charge is -2.25. The minimum atomic E-state index is -5.68. The van der Waals surface area contributed by atoms with Gasteiger partial charge < -0.3 is 9.31 Å². The van der Waals surface area contributed by atoms with Crippen LogP contribution in [0.25, 0.3) is 43.8 Å². The van der Waals surface area contributed by atoms with Crippen LogP contribution >= 0.6 is 0 Å². The van der Waals surface area contributed by atoms with E-state index in [2.05, 4.69) is 0 Å². The van der Waals surface area contributed by atoms with Crippen LogP contribution in [0.4, 0.5) is 92.2 Å². The van der Waals surface area contributed by atoms with Crippen molar-refractivity contribution in [1.29, 1.82) is 0 Å². The molecule has 7 aromatic rings. The van der Waals surface area contributed by atoms with Crippen LogP contribution in [0, 0.1) is 111 Å². The number of halogens is 21. The molecule has 0 fully saturated rings. The molecule has 0 aromatic heterocycles. The van der Waals surface area contributed by atoms with Crippen LogP contribution < -0.4 is 14.8 Å². The highest BCUT2D eigenvalue weighted by molar-refractivity contribution is 6.64. The van der Waals surface area contributed by atoms with E-state index in [1.54, 1.807) is 0 Å². The van der Waals surface area contributed by atoms with Gasteiger partial charge in [-0.05, 0) is 12.1 Å². The lowest BCUT2D eigenvalue weighted by atomic mass is 9.72. The summed E-state index contributed by atoms with van der Waals surface area (Å²) in [6.45, 7) is 0. The molecule has 7 aromatic carbocycles. The molecule has 8 rings (SSSR count). The fourth-order valence-corrected chi connectivity index (χ4v) is 7.11. The Labute approximate surface area is 333 Å². The first-order valence-corrected chi connectivity index (χ1v) is 16.6. The van der Waals surface area contributed by atoms with Crippen molar-refractivity contribution in [3.05, 3.63) is 158 Å². The first-order valence-electron chi connectivity index (χ1n) is 16.6. The highest BCUT2D eigenvalue weighted by atomic mass is 19.3. The number of para-hydroxylation sites is 1.